The zero-order chi connectivity index (χ0) is 16.7. The van der Waals surface area contributed by atoms with E-state index in [1.54, 1.807) is 0 Å². The SMILES string of the molecule is CC(C)(C)[C@H]1CCc2c(sc(NC(=O)C(F)(F)F)c2C#N)C1. The van der Waals surface area contributed by atoms with Crippen LogP contribution in [0.15, 0.2) is 0 Å². The summed E-state index contributed by atoms with van der Waals surface area (Å²) in [7, 11) is 0. The minimum atomic E-state index is -4.95. The van der Waals surface area contributed by atoms with Crippen molar-refractivity contribution < 1.29 is 18.0 Å². The number of halogens is 3. The van der Waals surface area contributed by atoms with Gasteiger partial charge in [-0.15, -0.1) is 11.3 Å². The third-order valence-corrected chi connectivity index (χ3v) is 5.26. The Kier molecular flexibility index (Phi) is 4.26. The first-order chi connectivity index (χ1) is 10.0. The Morgan fingerprint density at radius 3 is 2.50 bits per heavy atom. The van der Waals surface area contributed by atoms with Crippen molar-refractivity contribution in [2.24, 2.45) is 11.3 Å². The summed E-state index contributed by atoms with van der Waals surface area (Å²) in [5.74, 6) is -1.62. The van der Waals surface area contributed by atoms with Crippen LogP contribution in [0.2, 0.25) is 0 Å². The normalized spacial score (nSPS) is 18.5. The molecule has 1 amide bonds. The number of thiophene rings is 1. The summed E-state index contributed by atoms with van der Waals surface area (Å²) in [4.78, 5) is 12.0. The molecule has 22 heavy (non-hydrogen) atoms. The maximum Gasteiger partial charge on any atom is 0.471 e. The highest BCUT2D eigenvalue weighted by molar-refractivity contribution is 7.16. The molecule has 1 aliphatic rings. The van der Waals surface area contributed by atoms with Crippen LogP contribution in [0.1, 0.15) is 43.2 Å². The van der Waals surface area contributed by atoms with Crippen molar-refractivity contribution in [3.8, 4) is 6.07 Å². The van der Waals surface area contributed by atoms with Crippen molar-refractivity contribution >= 4 is 22.2 Å². The number of fused-ring (bicyclic) bond motifs is 1. The fraction of sp³-hybridized carbons (Fsp3) is 0.600. The minimum absolute atomic E-state index is 0.0179. The second kappa shape index (κ2) is 5.58. The average Bonchev–Trinajstić information content (AvgIpc) is 2.72. The second-order valence-electron chi connectivity index (χ2n) is 6.58. The van der Waals surface area contributed by atoms with Gasteiger partial charge in [-0.3, -0.25) is 4.79 Å². The number of alkyl halides is 3. The molecule has 7 heteroatoms. The molecule has 120 valence electrons. The molecule has 1 N–H and O–H groups in total. The Hall–Kier alpha value is -1.55. The van der Waals surface area contributed by atoms with E-state index in [9.17, 15) is 23.2 Å². The van der Waals surface area contributed by atoms with Crippen molar-refractivity contribution in [1.29, 1.82) is 5.26 Å². The van der Waals surface area contributed by atoms with Gasteiger partial charge in [0.05, 0.1) is 5.56 Å². The van der Waals surface area contributed by atoms with Gasteiger partial charge in [-0.1, -0.05) is 20.8 Å². The number of carbonyl (C=O) groups excluding carboxylic acids is 1. The van der Waals surface area contributed by atoms with Crippen LogP contribution in [0, 0.1) is 22.7 Å². The van der Waals surface area contributed by atoms with Crippen LogP contribution < -0.4 is 5.32 Å². The molecule has 0 saturated carbocycles. The van der Waals surface area contributed by atoms with Gasteiger partial charge in [0.2, 0.25) is 0 Å². The average molecular weight is 330 g/mol. The van der Waals surface area contributed by atoms with Gasteiger partial charge in [-0.2, -0.15) is 18.4 Å². The summed E-state index contributed by atoms with van der Waals surface area (Å²) in [6.07, 6.45) is -2.65. The topological polar surface area (TPSA) is 52.9 Å². The monoisotopic (exact) mass is 330 g/mol. The highest BCUT2D eigenvalue weighted by Gasteiger charge is 2.40. The first-order valence-electron chi connectivity index (χ1n) is 6.97. The molecular weight excluding hydrogens is 313 g/mol. The standard InChI is InChI=1S/C15H17F3N2OS/c1-14(2,3)8-4-5-9-10(7-19)12(22-11(9)6-8)20-13(21)15(16,17)18/h8H,4-6H2,1-3H3,(H,20,21)/t8-/m0/s1. The van der Waals surface area contributed by atoms with Crippen molar-refractivity contribution in [2.75, 3.05) is 5.32 Å². The molecule has 1 heterocycles. The van der Waals surface area contributed by atoms with Crippen LogP contribution in [0.25, 0.3) is 0 Å². The van der Waals surface area contributed by atoms with Crippen molar-refractivity contribution in [3.63, 3.8) is 0 Å². The third-order valence-electron chi connectivity index (χ3n) is 4.09. The number of amides is 1. The van der Waals surface area contributed by atoms with Gasteiger partial charge < -0.3 is 5.32 Å². The van der Waals surface area contributed by atoms with E-state index >= 15 is 0 Å². The van der Waals surface area contributed by atoms with Crippen LogP contribution in [0.4, 0.5) is 18.2 Å². The molecule has 0 radical (unpaired) electrons. The van der Waals surface area contributed by atoms with E-state index in [1.165, 1.54) is 0 Å². The lowest BCUT2D eigenvalue weighted by Crippen LogP contribution is -2.29. The number of carbonyl (C=O) groups is 1. The molecule has 1 atom stereocenters. The van der Waals surface area contributed by atoms with Crippen molar-refractivity contribution in [1.82, 2.24) is 0 Å². The predicted molar refractivity (Wildman–Crippen MR) is 78.7 cm³/mol. The molecular formula is C15H17F3N2OS. The smallest absolute Gasteiger partial charge is 0.309 e. The number of rotatable bonds is 1. The largest absolute Gasteiger partial charge is 0.471 e. The van der Waals surface area contributed by atoms with Gasteiger partial charge in [-0.25, -0.2) is 0 Å². The lowest BCUT2D eigenvalue weighted by Gasteiger charge is -2.33. The third kappa shape index (κ3) is 3.27. The zero-order valence-corrected chi connectivity index (χ0v) is 13.4. The van der Waals surface area contributed by atoms with E-state index in [0.29, 0.717) is 12.3 Å². The van der Waals surface area contributed by atoms with Gasteiger partial charge in [0.25, 0.3) is 0 Å². The summed E-state index contributed by atoms with van der Waals surface area (Å²) in [5.41, 5.74) is 1.08. The van der Waals surface area contributed by atoms with Crippen molar-refractivity contribution in [3.05, 3.63) is 16.0 Å². The fourth-order valence-corrected chi connectivity index (χ4v) is 3.98. The molecule has 0 fully saturated rings. The second-order valence-corrected chi connectivity index (χ2v) is 7.68. The zero-order valence-electron chi connectivity index (χ0n) is 12.6. The fourth-order valence-electron chi connectivity index (χ4n) is 2.71. The lowest BCUT2D eigenvalue weighted by atomic mass is 9.72. The molecule has 2 rings (SSSR count). The summed E-state index contributed by atoms with van der Waals surface area (Å²) < 4.78 is 37.1. The van der Waals surface area contributed by atoms with Crippen LogP contribution in [0.5, 0.6) is 0 Å². The Balaban J connectivity index is 2.31. The van der Waals surface area contributed by atoms with Crippen LogP contribution in [-0.2, 0) is 17.6 Å². The molecule has 0 spiro atoms. The maximum atomic E-state index is 12.4. The Morgan fingerprint density at radius 2 is 2.00 bits per heavy atom. The van der Waals surface area contributed by atoms with E-state index in [-0.39, 0.29) is 16.0 Å². The molecule has 3 nitrogen and oxygen atoms in total. The first kappa shape index (κ1) is 16.8. The van der Waals surface area contributed by atoms with Gasteiger partial charge in [0.15, 0.2) is 0 Å². The lowest BCUT2D eigenvalue weighted by molar-refractivity contribution is -0.167. The summed E-state index contributed by atoms with van der Waals surface area (Å²) in [5, 5.41) is 11.1. The number of nitriles is 1. The molecule has 0 bridgehead atoms. The van der Waals surface area contributed by atoms with Gasteiger partial charge >= 0.3 is 12.1 Å². The van der Waals surface area contributed by atoms with Gasteiger partial charge in [0, 0.05) is 4.88 Å². The van der Waals surface area contributed by atoms with E-state index < -0.39 is 12.1 Å². The van der Waals surface area contributed by atoms with Crippen LogP contribution in [-0.4, -0.2) is 12.1 Å². The quantitative estimate of drug-likeness (QED) is 0.836. The Morgan fingerprint density at radius 1 is 1.36 bits per heavy atom. The molecule has 0 unspecified atom stereocenters. The molecule has 0 aromatic carbocycles. The minimum Gasteiger partial charge on any atom is -0.309 e. The summed E-state index contributed by atoms with van der Waals surface area (Å²) in [6, 6.07) is 1.94. The Bertz CT molecular complexity index is 635. The number of anilines is 1. The molecule has 1 aliphatic carbocycles. The molecule has 1 aromatic heterocycles. The van der Waals surface area contributed by atoms with E-state index in [0.717, 1.165) is 34.6 Å². The number of nitrogens with zero attached hydrogens (tertiary/aromatic N) is 1. The van der Waals surface area contributed by atoms with E-state index in [4.69, 9.17) is 0 Å². The Labute approximate surface area is 131 Å². The number of hydrogen-bond donors (Lipinski definition) is 1. The molecule has 0 saturated heterocycles. The van der Waals surface area contributed by atoms with E-state index in [2.05, 4.69) is 20.8 Å². The predicted octanol–water partition coefficient (Wildman–Crippen LogP) is 4.27. The summed E-state index contributed by atoms with van der Waals surface area (Å²) >= 11 is 1.10. The highest BCUT2D eigenvalue weighted by atomic mass is 32.1. The van der Waals surface area contributed by atoms with Gasteiger partial charge in [0.1, 0.15) is 11.1 Å². The van der Waals surface area contributed by atoms with Crippen LogP contribution >= 0.6 is 11.3 Å². The molecule has 0 aliphatic heterocycles. The molecule has 1 aromatic rings. The number of hydrogen-bond acceptors (Lipinski definition) is 3. The van der Waals surface area contributed by atoms with Crippen molar-refractivity contribution in [2.45, 2.75) is 46.2 Å². The first-order valence-corrected chi connectivity index (χ1v) is 7.78. The highest BCUT2D eigenvalue weighted by Crippen LogP contribution is 2.44. The summed E-state index contributed by atoms with van der Waals surface area (Å²) in [6.45, 7) is 6.40. The van der Waals surface area contributed by atoms with Crippen LogP contribution in [0.3, 0.4) is 0 Å². The maximum absolute atomic E-state index is 12.4. The number of nitrogens with one attached hydrogen (secondary N) is 1. The van der Waals surface area contributed by atoms with Gasteiger partial charge in [-0.05, 0) is 36.2 Å². The van der Waals surface area contributed by atoms with E-state index in [1.807, 2.05) is 11.4 Å².